The first kappa shape index (κ1) is 19.2. The number of nitrogens with zero attached hydrogens (tertiary/aromatic N) is 5. The quantitative estimate of drug-likeness (QED) is 0.701. The summed E-state index contributed by atoms with van der Waals surface area (Å²) in [6, 6.07) is 8.61. The lowest BCUT2D eigenvalue weighted by Gasteiger charge is -2.22. The van der Waals surface area contributed by atoms with E-state index in [2.05, 4.69) is 15.4 Å². The number of nitrogens with one attached hydrogen (secondary N) is 1. The Morgan fingerprint density at radius 1 is 1.10 bits per heavy atom. The molecule has 1 fully saturated rings. The molecule has 0 saturated carbocycles. The molecule has 0 aliphatic carbocycles. The van der Waals surface area contributed by atoms with E-state index in [1.807, 2.05) is 6.92 Å². The minimum absolute atomic E-state index is 0.103. The molecular formula is C20H21ClN6O2. The summed E-state index contributed by atoms with van der Waals surface area (Å²) in [4.78, 5) is 33.6. The minimum Gasteiger partial charge on any atom is -0.337 e. The number of aromatic nitrogens is 3. The maximum atomic E-state index is 13.2. The summed E-state index contributed by atoms with van der Waals surface area (Å²) < 4.78 is 1.62. The maximum Gasteiger partial charge on any atom is 0.321 e. The van der Waals surface area contributed by atoms with Crippen LogP contribution in [-0.4, -0.2) is 62.5 Å². The van der Waals surface area contributed by atoms with Gasteiger partial charge in [0.05, 0.1) is 5.69 Å². The van der Waals surface area contributed by atoms with Gasteiger partial charge in [-0.2, -0.15) is 5.10 Å². The Morgan fingerprint density at radius 3 is 2.72 bits per heavy atom. The van der Waals surface area contributed by atoms with Crippen LogP contribution in [0.15, 0.2) is 42.7 Å². The van der Waals surface area contributed by atoms with E-state index < -0.39 is 0 Å². The summed E-state index contributed by atoms with van der Waals surface area (Å²) in [7, 11) is 0. The van der Waals surface area contributed by atoms with E-state index in [4.69, 9.17) is 11.6 Å². The Hall–Kier alpha value is -3.13. The number of amides is 3. The van der Waals surface area contributed by atoms with Gasteiger partial charge < -0.3 is 15.1 Å². The average Bonchev–Trinajstić information content (AvgIpc) is 2.87. The molecule has 0 bridgehead atoms. The molecule has 8 nitrogen and oxygen atoms in total. The first-order valence-electron chi connectivity index (χ1n) is 9.43. The summed E-state index contributed by atoms with van der Waals surface area (Å²) in [6.07, 6.45) is 4.12. The lowest BCUT2D eigenvalue weighted by Crippen LogP contribution is -2.39. The number of carbonyl (C=O) groups excluding carboxylic acids is 2. The van der Waals surface area contributed by atoms with Crippen molar-refractivity contribution >= 4 is 34.9 Å². The Kier molecular flexibility index (Phi) is 5.35. The molecule has 150 valence electrons. The minimum atomic E-state index is -0.199. The van der Waals surface area contributed by atoms with Crippen molar-refractivity contribution in [1.82, 2.24) is 24.4 Å². The van der Waals surface area contributed by atoms with Crippen LogP contribution in [0.1, 0.15) is 22.5 Å². The van der Waals surface area contributed by atoms with E-state index in [9.17, 15) is 9.59 Å². The van der Waals surface area contributed by atoms with Gasteiger partial charge in [-0.15, -0.1) is 0 Å². The van der Waals surface area contributed by atoms with Crippen molar-refractivity contribution < 1.29 is 9.59 Å². The normalized spacial score (nSPS) is 14.7. The molecule has 3 amide bonds. The fraction of sp³-hybridized carbons (Fsp3) is 0.300. The smallest absolute Gasteiger partial charge is 0.321 e. The van der Waals surface area contributed by atoms with Gasteiger partial charge >= 0.3 is 6.03 Å². The van der Waals surface area contributed by atoms with Gasteiger partial charge in [0.15, 0.2) is 5.65 Å². The third kappa shape index (κ3) is 4.02. The first-order valence-corrected chi connectivity index (χ1v) is 9.81. The number of fused-ring (bicyclic) bond motifs is 1. The standard InChI is InChI=1S/C20H21ClN6O2/c1-14-17(18-22-7-3-10-27(18)24-14)19(28)25-8-4-9-26(12-11-25)20(29)23-16-6-2-5-15(21)13-16/h2-3,5-7,10,13H,4,8-9,11-12H2,1H3,(H,23,29). The van der Waals surface area contributed by atoms with Gasteiger partial charge in [0.1, 0.15) is 5.56 Å². The summed E-state index contributed by atoms with van der Waals surface area (Å²) in [5.41, 5.74) is 2.36. The van der Waals surface area contributed by atoms with Gasteiger partial charge in [0.2, 0.25) is 0 Å². The van der Waals surface area contributed by atoms with Gasteiger partial charge in [-0.25, -0.2) is 14.3 Å². The van der Waals surface area contributed by atoms with Crippen LogP contribution in [0.25, 0.3) is 5.65 Å². The Morgan fingerprint density at radius 2 is 1.90 bits per heavy atom. The Labute approximate surface area is 173 Å². The van der Waals surface area contributed by atoms with Gasteiger partial charge in [0, 0.05) is 49.3 Å². The molecule has 3 aromatic rings. The molecule has 1 aliphatic heterocycles. The molecule has 1 N–H and O–H groups in total. The second-order valence-electron chi connectivity index (χ2n) is 6.92. The van der Waals surface area contributed by atoms with Crippen LogP contribution < -0.4 is 5.32 Å². The SMILES string of the molecule is Cc1nn2cccnc2c1C(=O)N1CCCN(C(=O)Nc2cccc(Cl)c2)CC1. The lowest BCUT2D eigenvalue weighted by atomic mass is 10.2. The second-order valence-corrected chi connectivity index (χ2v) is 7.36. The number of urea groups is 1. The molecule has 0 radical (unpaired) electrons. The van der Waals surface area contributed by atoms with Crippen LogP contribution in [0.3, 0.4) is 0 Å². The van der Waals surface area contributed by atoms with Crippen molar-refractivity contribution in [2.24, 2.45) is 0 Å². The molecule has 4 rings (SSSR count). The molecule has 0 unspecified atom stereocenters. The van der Waals surface area contributed by atoms with E-state index in [1.165, 1.54) is 0 Å². The van der Waals surface area contributed by atoms with Crippen LogP contribution in [0.4, 0.5) is 10.5 Å². The van der Waals surface area contributed by atoms with E-state index in [1.54, 1.807) is 57.0 Å². The molecule has 1 aliphatic rings. The highest BCUT2D eigenvalue weighted by atomic mass is 35.5. The zero-order chi connectivity index (χ0) is 20.4. The number of rotatable bonds is 2. The van der Waals surface area contributed by atoms with Gasteiger partial charge in [-0.1, -0.05) is 17.7 Å². The molecule has 0 spiro atoms. The molecule has 1 saturated heterocycles. The molecule has 9 heteroatoms. The molecule has 1 aromatic carbocycles. The monoisotopic (exact) mass is 412 g/mol. The zero-order valence-electron chi connectivity index (χ0n) is 16.0. The summed E-state index contributed by atoms with van der Waals surface area (Å²) in [5.74, 6) is -0.103. The molecule has 3 heterocycles. The summed E-state index contributed by atoms with van der Waals surface area (Å²) in [6.45, 7) is 3.85. The predicted molar refractivity (Wildman–Crippen MR) is 110 cm³/mol. The van der Waals surface area contributed by atoms with Gasteiger partial charge in [-0.3, -0.25) is 4.79 Å². The van der Waals surface area contributed by atoms with Crippen molar-refractivity contribution in [3.63, 3.8) is 0 Å². The average molecular weight is 413 g/mol. The van der Waals surface area contributed by atoms with E-state index in [-0.39, 0.29) is 11.9 Å². The Balaban J connectivity index is 1.45. The highest BCUT2D eigenvalue weighted by molar-refractivity contribution is 6.30. The highest BCUT2D eigenvalue weighted by Crippen LogP contribution is 2.18. The van der Waals surface area contributed by atoms with Crippen molar-refractivity contribution in [3.05, 3.63) is 59.0 Å². The predicted octanol–water partition coefficient (Wildman–Crippen LogP) is 3.07. The van der Waals surface area contributed by atoms with E-state index in [0.717, 1.165) is 0 Å². The molecule has 2 aromatic heterocycles. The van der Waals surface area contributed by atoms with Crippen LogP contribution in [-0.2, 0) is 0 Å². The molecule has 0 atom stereocenters. The molecule has 29 heavy (non-hydrogen) atoms. The number of aryl methyl sites for hydroxylation is 1. The number of hydrogen-bond donors (Lipinski definition) is 1. The van der Waals surface area contributed by atoms with Crippen LogP contribution in [0.5, 0.6) is 0 Å². The number of halogens is 1. The highest BCUT2D eigenvalue weighted by Gasteiger charge is 2.27. The van der Waals surface area contributed by atoms with Crippen molar-refractivity contribution in [3.8, 4) is 0 Å². The van der Waals surface area contributed by atoms with Crippen LogP contribution >= 0.6 is 11.6 Å². The largest absolute Gasteiger partial charge is 0.337 e. The third-order valence-electron chi connectivity index (χ3n) is 4.93. The number of anilines is 1. The van der Waals surface area contributed by atoms with E-state index in [0.29, 0.717) is 60.2 Å². The van der Waals surface area contributed by atoms with Crippen molar-refractivity contribution in [2.75, 3.05) is 31.5 Å². The van der Waals surface area contributed by atoms with Crippen LogP contribution in [0.2, 0.25) is 5.02 Å². The lowest BCUT2D eigenvalue weighted by molar-refractivity contribution is 0.0763. The number of hydrogen-bond acceptors (Lipinski definition) is 4. The third-order valence-corrected chi connectivity index (χ3v) is 5.17. The maximum absolute atomic E-state index is 13.2. The molecular weight excluding hydrogens is 392 g/mol. The topological polar surface area (TPSA) is 82.8 Å². The number of carbonyl (C=O) groups is 2. The second kappa shape index (κ2) is 8.08. The Bertz CT molecular complexity index is 1070. The number of benzene rings is 1. The van der Waals surface area contributed by atoms with Gasteiger partial charge in [-0.05, 0) is 37.6 Å². The summed E-state index contributed by atoms with van der Waals surface area (Å²) in [5, 5.41) is 7.79. The summed E-state index contributed by atoms with van der Waals surface area (Å²) >= 11 is 5.98. The van der Waals surface area contributed by atoms with Crippen molar-refractivity contribution in [2.45, 2.75) is 13.3 Å². The zero-order valence-corrected chi connectivity index (χ0v) is 16.8. The van der Waals surface area contributed by atoms with E-state index >= 15 is 0 Å². The first-order chi connectivity index (χ1) is 14.0. The van der Waals surface area contributed by atoms with Crippen molar-refractivity contribution in [1.29, 1.82) is 0 Å². The fourth-order valence-electron chi connectivity index (χ4n) is 3.50. The van der Waals surface area contributed by atoms with Gasteiger partial charge in [0.25, 0.3) is 5.91 Å². The van der Waals surface area contributed by atoms with Crippen LogP contribution in [0, 0.1) is 6.92 Å². The fourth-order valence-corrected chi connectivity index (χ4v) is 3.69.